The van der Waals surface area contributed by atoms with E-state index in [4.69, 9.17) is 26.2 Å². The van der Waals surface area contributed by atoms with Crippen molar-refractivity contribution in [1.29, 1.82) is 0 Å². The van der Waals surface area contributed by atoms with E-state index >= 15 is 0 Å². The van der Waals surface area contributed by atoms with Crippen LogP contribution < -0.4 is 16.2 Å². The minimum Gasteiger partial charge on any atom is -0.482 e. The van der Waals surface area contributed by atoms with Crippen LogP contribution in [0, 0.1) is 6.92 Å². The van der Waals surface area contributed by atoms with E-state index in [-0.39, 0.29) is 24.0 Å². The second kappa shape index (κ2) is 10.9. The van der Waals surface area contributed by atoms with Gasteiger partial charge in [0.25, 0.3) is 5.91 Å². The SMILES string of the molecule is CCc1ccc2cc(-c3nc4cc(C(=O)N5[C@H]6CC[C@@H]5[C@H](N)C6)cc(OC)n4c3C)n(CCCCN(C)C(N)=O)c2n1. The molecule has 11 nitrogen and oxygen atoms in total. The van der Waals surface area contributed by atoms with Gasteiger partial charge in [0.15, 0.2) is 5.88 Å². The number of aryl methyl sites for hydroxylation is 3. The highest BCUT2D eigenvalue weighted by molar-refractivity contribution is 5.96. The first-order chi connectivity index (χ1) is 20.2. The van der Waals surface area contributed by atoms with E-state index in [1.54, 1.807) is 14.2 Å². The fourth-order valence-electron chi connectivity index (χ4n) is 6.81. The van der Waals surface area contributed by atoms with Crippen molar-refractivity contribution in [2.75, 3.05) is 20.7 Å². The van der Waals surface area contributed by atoms with E-state index in [9.17, 15) is 9.59 Å². The molecule has 3 amide bonds. The summed E-state index contributed by atoms with van der Waals surface area (Å²) in [4.78, 5) is 38.7. The van der Waals surface area contributed by atoms with Crippen LogP contribution in [0.5, 0.6) is 5.88 Å². The molecule has 2 saturated heterocycles. The lowest BCUT2D eigenvalue weighted by atomic mass is 9.97. The first kappa shape index (κ1) is 28.0. The molecule has 6 heterocycles. The molecule has 6 rings (SSSR count). The van der Waals surface area contributed by atoms with Gasteiger partial charge in [0.1, 0.15) is 17.0 Å². The minimum atomic E-state index is -0.427. The summed E-state index contributed by atoms with van der Waals surface area (Å²) in [6.45, 7) is 5.41. The van der Waals surface area contributed by atoms with E-state index in [0.717, 1.165) is 72.3 Å². The maximum absolute atomic E-state index is 13.7. The van der Waals surface area contributed by atoms with Gasteiger partial charge in [-0.1, -0.05) is 6.92 Å². The van der Waals surface area contributed by atoms with Crippen LogP contribution in [0.1, 0.15) is 60.8 Å². The molecule has 4 N–H and O–H groups in total. The van der Waals surface area contributed by atoms with Gasteiger partial charge in [0.05, 0.1) is 18.5 Å². The van der Waals surface area contributed by atoms with Crippen LogP contribution in [-0.2, 0) is 13.0 Å². The van der Waals surface area contributed by atoms with Gasteiger partial charge >= 0.3 is 6.03 Å². The molecule has 2 bridgehead atoms. The van der Waals surface area contributed by atoms with Crippen LogP contribution in [0.3, 0.4) is 0 Å². The highest BCUT2D eigenvalue weighted by Gasteiger charge is 2.47. The van der Waals surface area contributed by atoms with Gasteiger partial charge in [-0.25, -0.2) is 14.8 Å². The maximum Gasteiger partial charge on any atom is 0.314 e. The smallest absolute Gasteiger partial charge is 0.314 e. The predicted molar refractivity (Wildman–Crippen MR) is 162 cm³/mol. The van der Waals surface area contributed by atoms with Crippen LogP contribution in [-0.4, -0.2) is 79.5 Å². The molecule has 4 aromatic heterocycles. The summed E-state index contributed by atoms with van der Waals surface area (Å²) in [7, 11) is 3.33. The third kappa shape index (κ3) is 4.65. The summed E-state index contributed by atoms with van der Waals surface area (Å²) in [6, 6.07) is 9.90. The quantitative estimate of drug-likeness (QED) is 0.293. The molecule has 0 saturated carbocycles. The molecule has 222 valence electrons. The number of unbranched alkanes of at least 4 members (excludes halogenated alkanes) is 1. The van der Waals surface area contributed by atoms with E-state index in [1.807, 2.05) is 28.4 Å². The third-order valence-corrected chi connectivity index (χ3v) is 9.10. The molecule has 0 aromatic carbocycles. The summed E-state index contributed by atoms with van der Waals surface area (Å²) < 4.78 is 9.99. The van der Waals surface area contributed by atoms with Crippen molar-refractivity contribution in [2.45, 2.75) is 77.0 Å². The Morgan fingerprint density at radius 1 is 1.14 bits per heavy atom. The van der Waals surface area contributed by atoms with E-state index < -0.39 is 6.03 Å². The number of nitrogens with zero attached hydrogens (tertiary/aromatic N) is 6. The number of nitrogens with two attached hydrogens (primary N) is 2. The molecule has 4 aromatic rings. The molecule has 11 heteroatoms. The fraction of sp³-hybridized carbons (Fsp3) is 0.484. The number of ether oxygens (including phenoxy) is 1. The third-order valence-electron chi connectivity index (χ3n) is 9.10. The molecule has 2 aliphatic heterocycles. The standard InChI is InChI=1S/C31H40N8O3/c1-5-21-9-8-19-14-25(37(29(19)34-21)13-7-6-12-36(3)31(33)41)28-18(2)38-26(35-28)15-20(16-27(38)42-4)30(40)39-22-10-11-24(39)23(32)17-22/h8-9,14-16,22-24H,5-7,10-13,17,32H2,1-4H3,(H2,33,41)/t22-,23+,24+/m0/s1. The Labute approximate surface area is 245 Å². The Balaban J connectivity index is 1.40. The lowest BCUT2D eigenvalue weighted by Gasteiger charge is -2.23. The Bertz CT molecular complexity index is 1670. The van der Waals surface area contributed by atoms with Gasteiger partial charge < -0.3 is 30.6 Å². The molecule has 3 atom stereocenters. The van der Waals surface area contributed by atoms with Gasteiger partial charge in [0.2, 0.25) is 0 Å². The molecule has 0 spiro atoms. The average molecular weight is 573 g/mol. The van der Waals surface area contributed by atoms with Crippen molar-refractivity contribution < 1.29 is 14.3 Å². The zero-order valence-electron chi connectivity index (χ0n) is 24.8. The van der Waals surface area contributed by atoms with Crippen LogP contribution >= 0.6 is 0 Å². The van der Waals surface area contributed by atoms with Gasteiger partial charge in [-0.05, 0) is 69.7 Å². The number of rotatable bonds is 9. The number of urea groups is 1. The highest BCUT2D eigenvalue weighted by Crippen LogP contribution is 2.39. The highest BCUT2D eigenvalue weighted by atomic mass is 16.5. The van der Waals surface area contributed by atoms with Crippen LogP contribution in [0.4, 0.5) is 4.79 Å². The number of amides is 3. The summed E-state index contributed by atoms with van der Waals surface area (Å²) in [5.41, 5.74) is 17.6. The molecule has 0 aliphatic carbocycles. The number of primary amides is 1. The maximum atomic E-state index is 13.7. The van der Waals surface area contributed by atoms with Crippen molar-refractivity contribution >= 4 is 28.6 Å². The number of hydrogen-bond donors (Lipinski definition) is 2. The number of aromatic nitrogens is 4. The largest absolute Gasteiger partial charge is 0.482 e. The van der Waals surface area contributed by atoms with Crippen molar-refractivity contribution in [3.8, 4) is 17.3 Å². The molecule has 2 fully saturated rings. The van der Waals surface area contributed by atoms with Crippen LogP contribution in [0.25, 0.3) is 28.1 Å². The zero-order chi connectivity index (χ0) is 29.7. The summed E-state index contributed by atoms with van der Waals surface area (Å²) in [6.07, 6.45) is 5.30. The topological polar surface area (TPSA) is 137 Å². The van der Waals surface area contributed by atoms with Gasteiger partial charge in [0, 0.05) is 61.0 Å². The molecular formula is C31H40N8O3. The van der Waals surface area contributed by atoms with E-state index in [2.05, 4.69) is 29.7 Å². The predicted octanol–water partition coefficient (Wildman–Crippen LogP) is 3.73. The normalized spacial score (nSPS) is 19.7. The van der Waals surface area contributed by atoms with Gasteiger partial charge in [-0.3, -0.25) is 9.20 Å². The molecule has 0 unspecified atom stereocenters. The second-order valence-corrected chi connectivity index (χ2v) is 11.7. The summed E-state index contributed by atoms with van der Waals surface area (Å²) in [5, 5.41) is 1.04. The summed E-state index contributed by atoms with van der Waals surface area (Å²) >= 11 is 0. The fourth-order valence-corrected chi connectivity index (χ4v) is 6.81. The molecule has 42 heavy (non-hydrogen) atoms. The van der Waals surface area contributed by atoms with Crippen LogP contribution in [0.2, 0.25) is 0 Å². The Hall–Kier alpha value is -4.12. The number of hydrogen-bond acceptors (Lipinski definition) is 6. The number of methoxy groups -OCH3 is 1. The molecular weight excluding hydrogens is 532 g/mol. The zero-order valence-corrected chi connectivity index (χ0v) is 24.8. The monoisotopic (exact) mass is 572 g/mol. The van der Waals surface area contributed by atoms with Crippen LogP contribution in [0.15, 0.2) is 30.3 Å². The van der Waals surface area contributed by atoms with Gasteiger partial charge in [-0.15, -0.1) is 0 Å². The Kier molecular flexibility index (Phi) is 7.30. The summed E-state index contributed by atoms with van der Waals surface area (Å²) in [5.74, 6) is 0.552. The van der Waals surface area contributed by atoms with Crippen molar-refractivity contribution in [1.82, 2.24) is 28.7 Å². The Morgan fingerprint density at radius 2 is 1.95 bits per heavy atom. The Morgan fingerprint density at radius 3 is 2.62 bits per heavy atom. The van der Waals surface area contributed by atoms with Gasteiger partial charge in [-0.2, -0.15) is 0 Å². The number of imidazole rings is 1. The first-order valence-corrected chi connectivity index (χ1v) is 14.9. The number of fused-ring (bicyclic) bond motifs is 4. The lowest BCUT2D eigenvalue weighted by Crippen LogP contribution is -2.40. The van der Waals surface area contributed by atoms with Crippen molar-refractivity contribution in [3.05, 3.63) is 47.3 Å². The average Bonchev–Trinajstić information content (AvgIpc) is 3.73. The molecule has 2 aliphatic rings. The van der Waals surface area contributed by atoms with Crippen molar-refractivity contribution in [2.24, 2.45) is 11.5 Å². The van der Waals surface area contributed by atoms with E-state index in [1.165, 1.54) is 4.90 Å². The van der Waals surface area contributed by atoms with Crippen molar-refractivity contribution in [3.63, 3.8) is 0 Å². The number of carbonyl (C=O) groups is 2. The molecule has 0 radical (unpaired) electrons. The second-order valence-electron chi connectivity index (χ2n) is 11.7. The first-order valence-electron chi connectivity index (χ1n) is 14.9. The number of carbonyl (C=O) groups excluding carboxylic acids is 2. The lowest BCUT2D eigenvalue weighted by molar-refractivity contribution is 0.0726. The number of pyridine rings is 2. The minimum absolute atomic E-state index is 0.00945. The van der Waals surface area contributed by atoms with E-state index in [0.29, 0.717) is 30.2 Å².